The zero-order chi connectivity index (χ0) is 16.1. The minimum atomic E-state index is 0.0453. The SMILES string of the molecule is OCC=Cc1cccc(C=Cc2ccc3ccc(Cl)cc3n2)c1. The van der Waals surface area contributed by atoms with Gasteiger partial charge in [0, 0.05) is 10.4 Å². The van der Waals surface area contributed by atoms with Crippen LogP contribution in [0.4, 0.5) is 0 Å². The van der Waals surface area contributed by atoms with Crippen LogP contribution in [0.5, 0.6) is 0 Å². The standard InChI is InChI=1S/C20H16ClNO/c21-18-9-7-17-8-11-19(22-20(17)14-18)10-6-16-4-1-3-15(13-16)5-2-12-23/h1-11,13-14,23H,12H2. The second kappa shape index (κ2) is 7.23. The van der Waals surface area contributed by atoms with Crippen LogP contribution in [0.1, 0.15) is 16.8 Å². The van der Waals surface area contributed by atoms with Gasteiger partial charge in [-0.25, -0.2) is 4.98 Å². The molecule has 1 aromatic heterocycles. The van der Waals surface area contributed by atoms with Gasteiger partial charge in [0.05, 0.1) is 17.8 Å². The third kappa shape index (κ3) is 4.07. The Morgan fingerprint density at radius 2 is 1.70 bits per heavy atom. The molecule has 0 saturated heterocycles. The third-order valence-electron chi connectivity index (χ3n) is 3.45. The molecule has 0 aliphatic rings. The van der Waals surface area contributed by atoms with Gasteiger partial charge in [-0.1, -0.05) is 60.2 Å². The van der Waals surface area contributed by atoms with Crippen molar-refractivity contribution < 1.29 is 5.11 Å². The van der Waals surface area contributed by atoms with E-state index in [2.05, 4.69) is 11.1 Å². The molecule has 0 fully saturated rings. The van der Waals surface area contributed by atoms with E-state index in [1.807, 2.05) is 66.8 Å². The number of hydrogen-bond donors (Lipinski definition) is 1. The number of rotatable bonds is 4. The van der Waals surface area contributed by atoms with Crippen LogP contribution in [-0.2, 0) is 0 Å². The molecule has 2 nitrogen and oxygen atoms in total. The molecule has 0 radical (unpaired) electrons. The molecule has 2 aromatic carbocycles. The average molecular weight is 322 g/mol. The number of aliphatic hydroxyl groups is 1. The van der Waals surface area contributed by atoms with Crippen LogP contribution < -0.4 is 0 Å². The van der Waals surface area contributed by atoms with Gasteiger partial charge < -0.3 is 5.11 Å². The second-order valence-corrected chi connectivity index (χ2v) is 5.60. The van der Waals surface area contributed by atoms with Crippen molar-refractivity contribution in [3.05, 3.63) is 82.5 Å². The zero-order valence-electron chi connectivity index (χ0n) is 12.5. The molecule has 0 aliphatic carbocycles. The Kier molecular flexibility index (Phi) is 4.86. The Bertz CT molecular complexity index is 884. The molecule has 1 N–H and O–H groups in total. The molecule has 0 atom stereocenters. The smallest absolute Gasteiger partial charge is 0.0724 e. The first-order valence-corrected chi connectivity index (χ1v) is 7.74. The van der Waals surface area contributed by atoms with Crippen molar-refractivity contribution in [2.45, 2.75) is 0 Å². The van der Waals surface area contributed by atoms with Gasteiger partial charge in [-0.15, -0.1) is 0 Å². The van der Waals surface area contributed by atoms with E-state index in [-0.39, 0.29) is 6.61 Å². The quantitative estimate of drug-likeness (QED) is 0.728. The summed E-state index contributed by atoms with van der Waals surface area (Å²) in [5.41, 5.74) is 3.91. The molecule has 0 saturated carbocycles. The lowest BCUT2D eigenvalue weighted by atomic mass is 10.1. The summed E-state index contributed by atoms with van der Waals surface area (Å²) in [6.07, 6.45) is 7.62. The third-order valence-corrected chi connectivity index (χ3v) is 3.68. The van der Waals surface area contributed by atoms with Crippen LogP contribution in [0.2, 0.25) is 5.02 Å². The summed E-state index contributed by atoms with van der Waals surface area (Å²) in [4.78, 5) is 4.60. The Hall–Kier alpha value is -2.42. The number of pyridine rings is 1. The van der Waals surface area contributed by atoms with E-state index in [1.54, 1.807) is 6.08 Å². The van der Waals surface area contributed by atoms with E-state index in [9.17, 15) is 0 Å². The molecule has 0 bridgehead atoms. The highest BCUT2D eigenvalue weighted by atomic mass is 35.5. The van der Waals surface area contributed by atoms with Crippen LogP contribution in [0.3, 0.4) is 0 Å². The lowest BCUT2D eigenvalue weighted by Crippen LogP contribution is -1.83. The van der Waals surface area contributed by atoms with Gasteiger partial charge in [0.15, 0.2) is 0 Å². The normalized spacial score (nSPS) is 11.7. The van der Waals surface area contributed by atoms with E-state index in [0.29, 0.717) is 5.02 Å². The lowest BCUT2D eigenvalue weighted by molar-refractivity contribution is 0.343. The van der Waals surface area contributed by atoms with Gasteiger partial charge >= 0.3 is 0 Å². The molecule has 3 heteroatoms. The first-order valence-electron chi connectivity index (χ1n) is 7.36. The number of aliphatic hydroxyl groups excluding tert-OH is 1. The molecule has 114 valence electrons. The van der Waals surface area contributed by atoms with Gasteiger partial charge in [0.25, 0.3) is 0 Å². The van der Waals surface area contributed by atoms with Crippen molar-refractivity contribution in [3.8, 4) is 0 Å². The minimum absolute atomic E-state index is 0.0453. The molecule has 0 aliphatic heterocycles. The minimum Gasteiger partial charge on any atom is -0.392 e. The predicted molar refractivity (Wildman–Crippen MR) is 98.2 cm³/mol. The van der Waals surface area contributed by atoms with Crippen molar-refractivity contribution in [1.82, 2.24) is 4.98 Å². The van der Waals surface area contributed by atoms with E-state index < -0.39 is 0 Å². The van der Waals surface area contributed by atoms with E-state index in [0.717, 1.165) is 27.7 Å². The first kappa shape index (κ1) is 15.5. The summed E-state index contributed by atoms with van der Waals surface area (Å²) >= 11 is 6.02. The summed E-state index contributed by atoms with van der Waals surface area (Å²) < 4.78 is 0. The molecule has 1 heterocycles. The molecule has 3 aromatic rings. The summed E-state index contributed by atoms with van der Waals surface area (Å²) in [7, 11) is 0. The van der Waals surface area contributed by atoms with Crippen molar-refractivity contribution >= 4 is 40.7 Å². The van der Waals surface area contributed by atoms with Crippen molar-refractivity contribution in [2.24, 2.45) is 0 Å². The fourth-order valence-corrected chi connectivity index (χ4v) is 2.50. The molecular weight excluding hydrogens is 306 g/mol. The summed E-state index contributed by atoms with van der Waals surface area (Å²) in [5.74, 6) is 0. The number of benzene rings is 2. The molecule has 23 heavy (non-hydrogen) atoms. The topological polar surface area (TPSA) is 33.1 Å². The Morgan fingerprint density at radius 1 is 0.913 bits per heavy atom. The van der Waals surface area contributed by atoms with Gasteiger partial charge in [0.2, 0.25) is 0 Å². The molecular formula is C20H16ClNO. The van der Waals surface area contributed by atoms with Crippen LogP contribution in [0.25, 0.3) is 29.1 Å². The first-order chi connectivity index (χ1) is 11.2. The van der Waals surface area contributed by atoms with Gasteiger partial charge in [-0.05, 0) is 41.5 Å². The zero-order valence-corrected chi connectivity index (χ0v) is 13.2. The van der Waals surface area contributed by atoms with Gasteiger partial charge in [-0.2, -0.15) is 0 Å². The molecule has 0 amide bonds. The van der Waals surface area contributed by atoms with Crippen LogP contribution in [0, 0.1) is 0 Å². The lowest BCUT2D eigenvalue weighted by Gasteiger charge is -2.00. The summed E-state index contributed by atoms with van der Waals surface area (Å²) in [6.45, 7) is 0.0453. The molecule has 0 unspecified atom stereocenters. The summed E-state index contributed by atoms with van der Waals surface area (Å²) in [6, 6.07) is 17.8. The van der Waals surface area contributed by atoms with Crippen molar-refractivity contribution in [1.29, 1.82) is 0 Å². The highest BCUT2D eigenvalue weighted by Gasteiger charge is 1.97. The van der Waals surface area contributed by atoms with Gasteiger partial charge in [0.1, 0.15) is 0 Å². The van der Waals surface area contributed by atoms with E-state index >= 15 is 0 Å². The highest BCUT2D eigenvalue weighted by molar-refractivity contribution is 6.31. The predicted octanol–water partition coefficient (Wildman–Crippen LogP) is 5.06. The maximum Gasteiger partial charge on any atom is 0.0724 e. The summed E-state index contributed by atoms with van der Waals surface area (Å²) in [5, 5.41) is 10.6. The fraction of sp³-hybridized carbons (Fsp3) is 0.0500. The average Bonchev–Trinajstić information content (AvgIpc) is 2.58. The highest BCUT2D eigenvalue weighted by Crippen LogP contribution is 2.19. The fourth-order valence-electron chi connectivity index (χ4n) is 2.34. The Morgan fingerprint density at radius 3 is 2.52 bits per heavy atom. The van der Waals surface area contributed by atoms with E-state index in [4.69, 9.17) is 16.7 Å². The Labute approximate surface area is 140 Å². The second-order valence-electron chi connectivity index (χ2n) is 5.16. The van der Waals surface area contributed by atoms with Crippen molar-refractivity contribution in [3.63, 3.8) is 0 Å². The maximum atomic E-state index is 8.84. The maximum absolute atomic E-state index is 8.84. The number of hydrogen-bond acceptors (Lipinski definition) is 2. The van der Waals surface area contributed by atoms with Crippen LogP contribution >= 0.6 is 11.6 Å². The number of aromatic nitrogens is 1. The monoisotopic (exact) mass is 321 g/mol. The number of halogens is 1. The van der Waals surface area contributed by atoms with Crippen LogP contribution in [0.15, 0.2) is 60.7 Å². The Balaban J connectivity index is 1.86. The number of nitrogens with zero attached hydrogens (tertiary/aromatic N) is 1. The molecule has 0 spiro atoms. The number of fused-ring (bicyclic) bond motifs is 1. The van der Waals surface area contributed by atoms with Gasteiger partial charge in [-0.3, -0.25) is 0 Å². The van der Waals surface area contributed by atoms with Crippen molar-refractivity contribution in [2.75, 3.05) is 6.61 Å². The van der Waals surface area contributed by atoms with Crippen LogP contribution in [-0.4, -0.2) is 16.7 Å². The van der Waals surface area contributed by atoms with E-state index in [1.165, 1.54) is 0 Å². The molecule has 3 rings (SSSR count). The largest absolute Gasteiger partial charge is 0.392 e.